The summed E-state index contributed by atoms with van der Waals surface area (Å²) in [5.41, 5.74) is 3.21. The molecule has 0 saturated heterocycles. The highest BCUT2D eigenvalue weighted by atomic mass is 32.2. The maximum atomic E-state index is 13.0. The van der Waals surface area contributed by atoms with E-state index in [1.54, 1.807) is 16.8 Å². The Hall–Kier alpha value is -2.51. The lowest BCUT2D eigenvalue weighted by atomic mass is 10.1. The molecule has 2 aromatic carbocycles. The smallest absolute Gasteiger partial charge is 0.240 e. The third kappa shape index (κ3) is 2.65. The molecule has 128 valence electrons. The lowest BCUT2D eigenvalue weighted by Crippen LogP contribution is -2.29. The highest BCUT2D eigenvalue weighted by Crippen LogP contribution is 2.35. The van der Waals surface area contributed by atoms with Crippen LogP contribution in [0.4, 0.5) is 0 Å². The van der Waals surface area contributed by atoms with Crippen molar-refractivity contribution < 1.29 is 8.42 Å². The topological polar surface area (TPSA) is 68.1 Å². The zero-order valence-electron chi connectivity index (χ0n) is 13.8. The second-order valence-electron chi connectivity index (χ2n) is 5.96. The lowest BCUT2D eigenvalue weighted by molar-refractivity contribution is 0.421. The van der Waals surface area contributed by atoms with Gasteiger partial charge in [-0.15, -0.1) is 5.10 Å². The van der Waals surface area contributed by atoms with Crippen molar-refractivity contribution in [2.24, 2.45) is 0 Å². The van der Waals surface area contributed by atoms with Crippen molar-refractivity contribution in [1.82, 2.24) is 19.3 Å². The van der Waals surface area contributed by atoms with E-state index in [0.717, 1.165) is 11.3 Å². The molecule has 25 heavy (non-hydrogen) atoms. The quantitative estimate of drug-likeness (QED) is 0.725. The van der Waals surface area contributed by atoms with E-state index in [0.29, 0.717) is 29.2 Å². The Morgan fingerprint density at radius 1 is 1.04 bits per heavy atom. The molecular weight excluding hydrogens is 336 g/mol. The minimum Gasteiger partial charge on any atom is -0.240 e. The summed E-state index contributed by atoms with van der Waals surface area (Å²) in [6, 6.07) is 17.0. The Kier molecular flexibility index (Phi) is 3.89. The third-order valence-electron chi connectivity index (χ3n) is 4.42. The first-order valence-electron chi connectivity index (χ1n) is 8.17. The van der Waals surface area contributed by atoms with Crippen molar-refractivity contribution in [1.29, 1.82) is 0 Å². The van der Waals surface area contributed by atoms with Crippen molar-refractivity contribution in [3.8, 4) is 11.3 Å². The van der Waals surface area contributed by atoms with Gasteiger partial charge in [0.05, 0.1) is 23.7 Å². The number of benzene rings is 2. The van der Waals surface area contributed by atoms with Crippen molar-refractivity contribution in [3.05, 3.63) is 65.9 Å². The zero-order valence-corrected chi connectivity index (χ0v) is 14.6. The fraction of sp³-hybridized carbons (Fsp3) is 0.222. The summed E-state index contributed by atoms with van der Waals surface area (Å²) in [7, 11) is -3.54. The SMILES string of the molecule is CCN1Cc2nnn(Cc3ccccc3)c2-c2ccccc2S1(=O)=O. The summed E-state index contributed by atoms with van der Waals surface area (Å²) in [6.45, 7) is 3.00. The zero-order chi connectivity index (χ0) is 17.4. The van der Waals surface area contributed by atoms with Crippen molar-refractivity contribution >= 4 is 10.0 Å². The van der Waals surface area contributed by atoms with E-state index in [1.165, 1.54) is 4.31 Å². The van der Waals surface area contributed by atoms with Crippen molar-refractivity contribution in [2.75, 3.05) is 6.54 Å². The normalized spacial score (nSPS) is 16.0. The molecule has 0 atom stereocenters. The number of hydrogen-bond donors (Lipinski definition) is 0. The van der Waals surface area contributed by atoms with E-state index < -0.39 is 10.0 Å². The number of rotatable bonds is 3. The van der Waals surface area contributed by atoms with Gasteiger partial charge in [0.1, 0.15) is 5.69 Å². The summed E-state index contributed by atoms with van der Waals surface area (Å²) >= 11 is 0. The van der Waals surface area contributed by atoms with Crippen molar-refractivity contribution in [3.63, 3.8) is 0 Å². The third-order valence-corrected chi connectivity index (χ3v) is 6.40. The monoisotopic (exact) mass is 354 g/mol. The molecular formula is C18H18N4O2S. The standard InChI is InChI=1S/C18H18N4O2S/c1-2-21-13-16-18(15-10-6-7-11-17(15)25(21,23)24)22(20-19-16)12-14-8-4-3-5-9-14/h3-11H,2,12-13H2,1H3. The molecule has 0 saturated carbocycles. The van der Waals surface area contributed by atoms with Gasteiger partial charge in [-0.2, -0.15) is 4.31 Å². The molecule has 0 spiro atoms. The van der Waals surface area contributed by atoms with Gasteiger partial charge in [-0.3, -0.25) is 0 Å². The highest BCUT2D eigenvalue weighted by molar-refractivity contribution is 7.89. The van der Waals surface area contributed by atoms with E-state index in [2.05, 4.69) is 10.3 Å². The largest absolute Gasteiger partial charge is 0.244 e. The molecule has 0 radical (unpaired) electrons. The molecule has 0 fully saturated rings. The Balaban J connectivity index is 1.91. The van der Waals surface area contributed by atoms with Crippen LogP contribution in [0.25, 0.3) is 11.3 Å². The van der Waals surface area contributed by atoms with Crippen LogP contribution < -0.4 is 0 Å². The minimum atomic E-state index is -3.54. The molecule has 7 heteroatoms. The fourth-order valence-corrected chi connectivity index (χ4v) is 4.78. The number of nitrogens with zero attached hydrogens (tertiary/aromatic N) is 4. The second kappa shape index (κ2) is 6.09. The molecule has 2 heterocycles. The Bertz CT molecular complexity index is 1010. The van der Waals surface area contributed by atoms with Gasteiger partial charge in [0.25, 0.3) is 0 Å². The molecule has 6 nitrogen and oxygen atoms in total. The van der Waals surface area contributed by atoms with Gasteiger partial charge in [0.2, 0.25) is 10.0 Å². The second-order valence-corrected chi connectivity index (χ2v) is 7.86. The molecule has 0 bridgehead atoms. The molecule has 3 aromatic rings. The van der Waals surface area contributed by atoms with Gasteiger partial charge in [-0.1, -0.05) is 60.7 Å². The predicted octanol–water partition coefficient (Wildman–Crippen LogP) is 2.52. The summed E-state index contributed by atoms with van der Waals surface area (Å²) in [5, 5.41) is 8.58. The fourth-order valence-electron chi connectivity index (χ4n) is 3.18. The van der Waals surface area contributed by atoms with E-state index in [1.807, 2.05) is 49.4 Å². The molecule has 4 rings (SSSR count). The molecule has 0 unspecified atom stereocenters. The van der Waals surface area contributed by atoms with Crippen LogP contribution in [0.1, 0.15) is 18.2 Å². The van der Waals surface area contributed by atoms with Gasteiger partial charge in [-0.05, 0) is 11.6 Å². The summed E-state index contributed by atoms with van der Waals surface area (Å²) in [6.07, 6.45) is 0. The van der Waals surface area contributed by atoms with Crippen LogP contribution in [-0.2, 0) is 23.1 Å². The van der Waals surface area contributed by atoms with E-state index in [-0.39, 0.29) is 6.54 Å². The maximum absolute atomic E-state index is 13.0. The minimum absolute atomic E-state index is 0.234. The van der Waals surface area contributed by atoms with Crippen LogP contribution in [0, 0.1) is 0 Å². The molecule has 0 amide bonds. The summed E-state index contributed by atoms with van der Waals surface area (Å²) < 4.78 is 29.2. The van der Waals surface area contributed by atoms with Gasteiger partial charge >= 0.3 is 0 Å². The predicted molar refractivity (Wildman–Crippen MR) is 94.3 cm³/mol. The maximum Gasteiger partial charge on any atom is 0.244 e. The Labute approximate surface area is 146 Å². The van der Waals surface area contributed by atoms with Gasteiger partial charge in [0, 0.05) is 12.1 Å². The Morgan fingerprint density at radius 3 is 2.52 bits per heavy atom. The van der Waals surface area contributed by atoms with Crippen LogP contribution in [0.5, 0.6) is 0 Å². The first-order valence-corrected chi connectivity index (χ1v) is 9.61. The van der Waals surface area contributed by atoms with E-state index in [9.17, 15) is 8.42 Å². The number of hydrogen-bond acceptors (Lipinski definition) is 4. The molecule has 1 aliphatic heterocycles. The van der Waals surface area contributed by atoms with E-state index >= 15 is 0 Å². The molecule has 1 aromatic heterocycles. The number of fused-ring (bicyclic) bond motifs is 3. The molecule has 0 N–H and O–H groups in total. The first-order chi connectivity index (χ1) is 12.1. The van der Waals surface area contributed by atoms with Crippen LogP contribution >= 0.6 is 0 Å². The average Bonchev–Trinajstić information content (AvgIpc) is 2.98. The van der Waals surface area contributed by atoms with Crippen LogP contribution in [0.15, 0.2) is 59.5 Å². The summed E-state index contributed by atoms with van der Waals surface area (Å²) in [4.78, 5) is 0.312. The van der Waals surface area contributed by atoms with Gasteiger partial charge in [-0.25, -0.2) is 13.1 Å². The van der Waals surface area contributed by atoms with E-state index in [4.69, 9.17) is 0 Å². The average molecular weight is 354 g/mol. The van der Waals surface area contributed by atoms with Gasteiger partial charge in [0.15, 0.2) is 0 Å². The van der Waals surface area contributed by atoms with Crippen LogP contribution in [0.3, 0.4) is 0 Å². The first kappa shape index (κ1) is 16.0. The van der Waals surface area contributed by atoms with Crippen molar-refractivity contribution in [2.45, 2.75) is 24.9 Å². The Morgan fingerprint density at radius 2 is 1.76 bits per heavy atom. The van der Waals surface area contributed by atoms with Crippen LogP contribution in [0.2, 0.25) is 0 Å². The van der Waals surface area contributed by atoms with Gasteiger partial charge < -0.3 is 0 Å². The number of sulfonamides is 1. The molecule has 1 aliphatic rings. The lowest BCUT2D eigenvalue weighted by Gasteiger charge is -2.17. The molecule has 0 aliphatic carbocycles. The number of aromatic nitrogens is 3. The summed E-state index contributed by atoms with van der Waals surface area (Å²) in [5.74, 6) is 0. The van der Waals surface area contributed by atoms with Crippen LogP contribution in [-0.4, -0.2) is 34.3 Å². The highest BCUT2D eigenvalue weighted by Gasteiger charge is 2.33.